The average molecular weight is 287 g/mol. The molecule has 0 atom stereocenters. The molecule has 3 heteroatoms. The van der Waals surface area contributed by atoms with Crippen LogP contribution >= 0.6 is 11.6 Å². The van der Waals surface area contributed by atoms with E-state index in [9.17, 15) is 4.79 Å². The summed E-state index contributed by atoms with van der Waals surface area (Å²) in [6.07, 6.45) is 2.03. The van der Waals surface area contributed by atoms with Crippen molar-refractivity contribution in [3.05, 3.63) is 64.2 Å². The fourth-order valence-electron chi connectivity index (χ4n) is 2.55. The van der Waals surface area contributed by atoms with Crippen molar-refractivity contribution < 1.29 is 9.53 Å². The zero-order valence-corrected chi connectivity index (χ0v) is 11.8. The minimum Gasteiger partial charge on any atom is -0.493 e. The molecule has 0 unspecified atom stereocenters. The Bertz CT molecular complexity index is 635. The molecule has 0 radical (unpaired) electrons. The first-order chi connectivity index (χ1) is 9.74. The van der Waals surface area contributed by atoms with Gasteiger partial charge in [0, 0.05) is 23.4 Å². The van der Waals surface area contributed by atoms with Crippen molar-refractivity contribution in [2.24, 2.45) is 0 Å². The van der Waals surface area contributed by atoms with Gasteiger partial charge in [0.25, 0.3) is 0 Å². The molecule has 0 aromatic heterocycles. The van der Waals surface area contributed by atoms with Crippen LogP contribution in [-0.4, -0.2) is 12.4 Å². The van der Waals surface area contributed by atoms with Crippen molar-refractivity contribution in [3.63, 3.8) is 0 Å². The van der Waals surface area contributed by atoms with Crippen LogP contribution in [0.3, 0.4) is 0 Å². The van der Waals surface area contributed by atoms with Crippen LogP contribution in [-0.2, 0) is 12.8 Å². The van der Waals surface area contributed by atoms with Gasteiger partial charge in [-0.1, -0.05) is 41.9 Å². The summed E-state index contributed by atoms with van der Waals surface area (Å²) in [4.78, 5) is 12.1. The largest absolute Gasteiger partial charge is 0.493 e. The second-order valence-corrected chi connectivity index (χ2v) is 5.38. The summed E-state index contributed by atoms with van der Waals surface area (Å²) < 4.78 is 5.65. The molecule has 1 aliphatic rings. The van der Waals surface area contributed by atoms with Crippen molar-refractivity contribution in [2.75, 3.05) is 6.61 Å². The highest BCUT2D eigenvalue weighted by Crippen LogP contribution is 2.33. The van der Waals surface area contributed by atoms with E-state index in [0.29, 0.717) is 19.4 Å². The van der Waals surface area contributed by atoms with Gasteiger partial charge in [-0.3, -0.25) is 4.79 Å². The molecule has 2 aromatic carbocycles. The summed E-state index contributed by atoms with van der Waals surface area (Å²) in [7, 11) is 0. The van der Waals surface area contributed by atoms with E-state index in [1.54, 1.807) is 0 Å². The van der Waals surface area contributed by atoms with E-state index in [1.165, 1.54) is 0 Å². The smallest absolute Gasteiger partial charge is 0.163 e. The molecule has 0 aliphatic carbocycles. The third kappa shape index (κ3) is 2.70. The van der Waals surface area contributed by atoms with Crippen LogP contribution in [0.15, 0.2) is 42.5 Å². The van der Waals surface area contributed by atoms with Crippen molar-refractivity contribution >= 4 is 17.4 Å². The highest BCUT2D eigenvalue weighted by Gasteiger charge is 2.18. The molecule has 0 fully saturated rings. The predicted octanol–water partition coefficient (Wildman–Crippen LogP) is 4.09. The van der Waals surface area contributed by atoms with Gasteiger partial charge in [-0.15, -0.1) is 0 Å². The van der Waals surface area contributed by atoms with E-state index in [-0.39, 0.29) is 5.78 Å². The Morgan fingerprint density at radius 2 is 2.00 bits per heavy atom. The summed E-state index contributed by atoms with van der Waals surface area (Å²) in [5.41, 5.74) is 2.95. The molecule has 0 saturated carbocycles. The number of rotatable bonds is 4. The highest BCUT2D eigenvalue weighted by molar-refractivity contribution is 6.30. The number of ether oxygens (including phenoxy) is 1. The van der Waals surface area contributed by atoms with E-state index in [4.69, 9.17) is 16.3 Å². The number of fused-ring (bicyclic) bond motifs is 1. The van der Waals surface area contributed by atoms with E-state index in [2.05, 4.69) is 0 Å². The van der Waals surface area contributed by atoms with Crippen molar-refractivity contribution in [1.29, 1.82) is 0 Å². The normalized spacial score (nSPS) is 12.8. The Hall–Kier alpha value is -1.80. The van der Waals surface area contributed by atoms with Crippen LogP contribution < -0.4 is 4.74 Å². The van der Waals surface area contributed by atoms with Gasteiger partial charge in [0.1, 0.15) is 5.75 Å². The van der Waals surface area contributed by atoms with Crippen molar-refractivity contribution in [3.8, 4) is 5.75 Å². The monoisotopic (exact) mass is 286 g/mol. The van der Waals surface area contributed by atoms with Crippen LogP contribution in [0.5, 0.6) is 5.75 Å². The minimum absolute atomic E-state index is 0.150. The SMILES string of the molecule is O=C(CCc1cc(Cl)cc2c1OCC2)c1ccccc1. The fraction of sp³-hybridized carbons (Fsp3) is 0.235. The summed E-state index contributed by atoms with van der Waals surface area (Å²) >= 11 is 6.12. The van der Waals surface area contributed by atoms with Crippen molar-refractivity contribution in [1.82, 2.24) is 0 Å². The number of carbonyl (C=O) groups is 1. The number of halogens is 1. The number of benzene rings is 2. The van der Waals surface area contributed by atoms with Crippen molar-refractivity contribution in [2.45, 2.75) is 19.3 Å². The Balaban J connectivity index is 1.75. The lowest BCUT2D eigenvalue weighted by Gasteiger charge is -2.08. The maximum Gasteiger partial charge on any atom is 0.163 e. The van der Waals surface area contributed by atoms with E-state index in [0.717, 1.165) is 33.9 Å². The van der Waals surface area contributed by atoms with Crippen LogP contribution in [0, 0.1) is 0 Å². The predicted molar refractivity (Wildman–Crippen MR) is 79.7 cm³/mol. The Labute approximate surface area is 123 Å². The number of ketones is 1. The highest BCUT2D eigenvalue weighted by atomic mass is 35.5. The van der Waals surface area contributed by atoms with E-state index in [1.807, 2.05) is 42.5 Å². The fourth-order valence-corrected chi connectivity index (χ4v) is 2.81. The van der Waals surface area contributed by atoms with Gasteiger partial charge in [-0.2, -0.15) is 0 Å². The second kappa shape index (κ2) is 5.68. The molecule has 0 N–H and O–H groups in total. The molecular formula is C17H15ClO2. The molecule has 0 spiro atoms. The standard InChI is InChI=1S/C17H15ClO2/c18-15-10-13(17-14(11-15)8-9-20-17)6-7-16(19)12-4-2-1-3-5-12/h1-5,10-11H,6-9H2. The number of hydrogen-bond acceptors (Lipinski definition) is 2. The Kier molecular flexibility index (Phi) is 3.75. The molecule has 2 nitrogen and oxygen atoms in total. The number of Topliss-reactive ketones (excluding diaryl/α,β-unsaturated/α-hetero) is 1. The number of hydrogen-bond donors (Lipinski definition) is 0. The topological polar surface area (TPSA) is 26.3 Å². The minimum atomic E-state index is 0.150. The summed E-state index contributed by atoms with van der Waals surface area (Å²) in [5, 5.41) is 0.719. The molecule has 0 amide bonds. The Morgan fingerprint density at radius 1 is 1.20 bits per heavy atom. The Morgan fingerprint density at radius 3 is 2.80 bits per heavy atom. The van der Waals surface area contributed by atoms with E-state index < -0.39 is 0 Å². The number of aryl methyl sites for hydroxylation is 1. The lowest BCUT2D eigenvalue weighted by Crippen LogP contribution is -2.02. The zero-order valence-electron chi connectivity index (χ0n) is 11.1. The molecule has 1 heterocycles. The number of carbonyl (C=O) groups excluding carboxylic acids is 1. The van der Waals surface area contributed by atoms with Gasteiger partial charge in [0.2, 0.25) is 0 Å². The van der Waals surface area contributed by atoms with Crippen LogP contribution in [0.1, 0.15) is 27.9 Å². The molecule has 102 valence electrons. The first kappa shape index (κ1) is 13.2. The molecule has 20 heavy (non-hydrogen) atoms. The van der Waals surface area contributed by atoms with E-state index >= 15 is 0 Å². The molecule has 0 saturated heterocycles. The average Bonchev–Trinajstić information content (AvgIpc) is 2.93. The molecule has 0 bridgehead atoms. The van der Waals surface area contributed by atoms with Crippen LogP contribution in [0.2, 0.25) is 5.02 Å². The molecular weight excluding hydrogens is 272 g/mol. The third-order valence-corrected chi connectivity index (χ3v) is 3.76. The lowest BCUT2D eigenvalue weighted by molar-refractivity contribution is 0.0982. The maximum atomic E-state index is 12.1. The van der Waals surface area contributed by atoms with Gasteiger partial charge in [-0.05, 0) is 29.7 Å². The molecule has 3 rings (SSSR count). The van der Waals surface area contributed by atoms with Gasteiger partial charge in [-0.25, -0.2) is 0 Å². The lowest BCUT2D eigenvalue weighted by atomic mass is 10.0. The molecule has 1 aliphatic heterocycles. The quantitative estimate of drug-likeness (QED) is 0.791. The van der Waals surface area contributed by atoms with Gasteiger partial charge >= 0.3 is 0 Å². The maximum absolute atomic E-state index is 12.1. The zero-order chi connectivity index (χ0) is 13.9. The van der Waals surface area contributed by atoms with Crippen LogP contribution in [0.25, 0.3) is 0 Å². The first-order valence-corrected chi connectivity index (χ1v) is 7.14. The third-order valence-electron chi connectivity index (χ3n) is 3.54. The first-order valence-electron chi connectivity index (χ1n) is 6.76. The summed E-state index contributed by atoms with van der Waals surface area (Å²) in [5.74, 6) is 1.08. The molecule has 2 aromatic rings. The summed E-state index contributed by atoms with van der Waals surface area (Å²) in [6, 6.07) is 13.2. The van der Waals surface area contributed by atoms with Gasteiger partial charge in [0.05, 0.1) is 6.61 Å². The van der Waals surface area contributed by atoms with Gasteiger partial charge in [0.15, 0.2) is 5.78 Å². The second-order valence-electron chi connectivity index (χ2n) is 4.94. The van der Waals surface area contributed by atoms with Gasteiger partial charge < -0.3 is 4.74 Å². The summed E-state index contributed by atoms with van der Waals surface area (Å²) in [6.45, 7) is 0.704. The van der Waals surface area contributed by atoms with Crippen LogP contribution in [0.4, 0.5) is 0 Å².